The van der Waals surface area contributed by atoms with Crippen LogP contribution in [0.15, 0.2) is 225 Å². The first-order valence-corrected chi connectivity index (χ1v) is 18.0. The summed E-state index contributed by atoms with van der Waals surface area (Å²) in [6.45, 7) is 12.8. The third-order valence-corrected chi connectivity index (χ3v) is 9.28. The van der Waals surface area contributed by atoms with E-state index in [0.29, 0.717) is 0 Å². The molecule has 7 aromatic carbocycles. The zero-order valence-electron chi connectivity index (χ0n) is 30.3. The van der Waals surface area contributed by atoms with Gasteiger partial charge in [0.05, 0.1) is 11.4 Å². The molecule has 0 radical (unpaired) electrons. The number of para-hydroxylation sites is 3. The van der Waals surface area contributed by atoms with E-state index in [4.69, 9.17) is 0 Å². The van der Waals surface area contributed by atoms with E-state index in [1.54, 1.807) is 0 Å². The number of hydrogen-bond donors (Lipinski definition) is 0. The predicted molar refractivity (Wildman–Crippen MR) is 229 cm³/mol. The molecule has 7 rings (SSSR count). The van der Waals surface area contributed by atoms with E-state index in [1.165, 1.54) is 0 Å². The Bertz CT molecular complexity index is 2310. The first kappa shape index (κ1) is 34.6. The Morgan fingerprint density at radius 2 is 0.717 bits per heavy atom. The van der Waals surface area contributed by atoms with Gasteiger partial charge >= 0.3 is 0 Å². The summed E-state index contributed by atoms with van der Waals surface area (Å²) in [5.41, 5.74) is 11.6. The highest BCUT2D eigenvalue weighted by Crippen LogP contribution is 2.43. The number of nitrogens with zero attached hydrogens (tertiary/aromatic N) is 3. The minimum atomic E-state index is 0.852. The molecule has 0 spiro atoms. The number of hydrogen-bond acceptors (Lipinski definition) is 3. The Morgan fingerprint density at radius 3 is 1.15 bits per heavy atom. The fourth-order valence-corrected chi connectivity index (χ4v) is 6.90. The van der Waals surface area contributed by atoms with Crippen molar-refractivity contribution in [3.63, 3.8) is 0 Å². The van der Waals surface area contributed by atoms with Crippen LogP contribution in [0.25, 0.3) is 21.9 Å². The van der Waals surface area contributed by atoms with E-state index in [9.17, 15) is 0 Å². The minimum Gasteiger partial charge on any atom is -0.311 e. The Balaban J connectivity index is 1.27. The summed E-state index contributed by atoms with van der Waals surface area (Å²) >= 11 is 0. The van der Waals surface area contributed by atoms with Crippen LogP contribution in [0.3, 0.4) is 0 Å². The number of benzene rings is 7. The summed E-state index contributed by atoms with van der Waals surface area (Å²) in [5.74, 6) is 0. The van der Waals surface area contributed by atoms with Crippen molar-refractivity contribution in [1.29, 1.82) is 0 Å². The summed E-state index contributed by atoms with van der Waals surface area (Å²) < 4.78 is 0. The quantitative estimate of drug-likeness (QED) is 0.119. The summed E-state index contributed by atoms with van der Waals surface area (Å²) in [6.07, 6.45) is 8.05. The van der Waals surface area contributed by atoms with E-state index in [0.717, 1.165) is 73.1 Å². The Hall–Kier alpha value is -6.84. The average Bonchev–Trinajstić information content (AvgIpc) is 3.21. The van der Waals surface area contributed by atoms with E-state index < -0.39 is 0 Å². The molecule has 0 atom stereocenters. The molecule has 3 nitrogen and oxygen atoms in total. The second-order valence-corrected chi connectivity index (χ2v) is 12.7. The van der Waals surface area contributed by atoms with Gasteiger partial charge in [-0.15, -0.1) is 0 Å². The zero-order chi connectivity index (χ0) is 36.6. The fourth-order valence-electron chi connectivity index (χ4n) is 6.90. The smallest absolute Gasteiger partial charge is 0.0541 e. The van der Waals surface area contributed by atoms with Crippen molar-refractivity contribution in [2.75, 3.05) is 14.7 Å². The molecule has 0 saturated carbocycles. The number of rotatable bonds is 12. The SMILES string of the molecule is C=C(/C=C\C)N(C(=C)/C=C\C)c1ccc(N(c2ccccc2)c2ccc(-c3ccc(N(c4ccccc4)c4ccccc4)cc3)cc2)c2ccccc12. The molecule has 0 saturated heterocycles. The van der Waals surface area contributed by atoms with Gasteiger partial charge in [0, 0.05) is 50.6 Å². The summed E-state index contributed by atoms with van der Waals surface area (Å²) in [4.78, 5) is 6.74. The van der Waals surface area contributed by atoms with Gasteiger partial charge in [-0.3, -0.25) is 0 Å². The molecule has 0 aliphatic carbocycles. The number of anilines is 7. The average molecular weight is 686 g/mol. The van der Waals surface area contributed by atoms with Crippen LogP contribution < -0.4 is 14.7 Å². The van der Waals surface area contributed by atoms with Crippen molar-refractivity contribution >= 4 is 50.6 Å². The van der Waals surface area contributed by atoms with Gasteiger partial charge in [0.25, 0.3) is 0 Å². The zero-order valence-corrected chi connectivity index (χ0v) is 30.3. The normalized spacial score (nSPS) is 11.2. The van der Waals surface area contributed by atoms with E-state index in [-0.39, 0.29) is 0 Å². The molecule has 0 amide bonds. The highest BCUT2D eigenvalue weighted by molar-refractivity contribution is 6.06. The Morgan fingerprint density at radius 1 is 0.377 bits per heavy atom. The second kappa shape index (κ2) is 16.0. The maximum Gasteiger partial charge on any atom is 0.0541 e. The predicted octanol–water partition coefficient (Wildman–Crippen LogP) is 14.4. The van der Waals surface area contributed by atoms with Crippen molar-refractivity contribution in [3.05, 3.63) is 225 Å². The van der Waals surface area contributed by atoms with Crippen LogP contribution in [-0.2, 0) is 0 Å². The molecule has 0 aliphatic rings. The van der Waals surface area contributed by atoms with E-state index in [1.807, 2.05) is 38.2 Å². The molecule has 7 aromatic rings. The highest BCUT2D eigenvalue weighted by Gasteiger charge is 2.20. The van der Waals surface area contributed by atoms with Crippen LogP contribution >= 0.6 is 0 Å². The molecule has 0 N–H and O–H groups in total. The Labute approximate surface area is 314 Å². The van der Waals surface area contributed by atoms with Gasteiger partial charge in [0.1, 0.15) is 0 Å². The molecule has 258 valence electrons. The van der Waals surface area contributed by atoms with Crippen LogP contribution in [0.2, 0.25) is 0 Å². The van der Waals surface area contributed by atoms with Crippen molar-refractivity contribution in [2.45, 2.75) is 13.8 Å². The third kappa shape index (κ3) is 7.33. The molecular formula is C50H43N3. The number of allylic oxidation sites excluding steroid dienone is 4. The van der Waals surface area contributed by atoms with Crippen molar-refractivity contribution < 1.29 is 0 Å². The lowest BCUT2D eigenvalue weighted by molar-refractivity contribution is 1.16. The van der Waals surface area contributed by atoms with Crippen molar-refractivity contribution in [2.24, 2.45) is 0 Å². The maximum absolute atomic E-state index is 4.39. The summed E-state index contributed by atoms with van der Waals surface area (Å²) in [6, 6.07) is 62.2. The lowest BCUT2D eigenvalue weighted by Crippen LogP contribution is -2.19. The number of fused-ring (bicyclic) bond motifs is 1. The van der Waals surface area contributed by atoms with Gasteiger partial charge in [0.15, 0.2) is 0 Å². The fraction of sp³-hybridized carbons (Fsp3) is 0.0400. The van der Waals surface area contributed by atoms with Crippen LogP contribution in [0, 0.1) is 0 Å². The van der Waals surface area contributed by atoms with Gasteiger partial charge in [-0.2, -0.15) is 0 Å². The summed E-state index contributed by atoms with van der Waals surface area (Å²) in [5, 5.41) is 2.24. The minimum absolute atomic E-state index is 0.852. The van der Waals surface area contributed by atoms with E-state index in [2.05, 4.69) is 204 Å². The van der Waals surface area contributed by atoms with Crippen LogP contribution in [0.5, 0.6) is 0 Å². The van der Waals surface area contributed by atoms with Crippen molar-refractivity contribution in [1.82, 2.24) is 0 Å². The molecule has 0 fully saturated rings. The van der Waals surface area contributed by atoms with Crippen LogP contribution in [-0.4, -0.2) is 0 Å². The lowest BCUT2D eigenvalue weighted by Gasteiger charge is -2.31. The van der Waals surface area contributed by atoms with Gasteiger partial charge in [-0.1, -0.05) is 128 Å². The van der Waals surface area contributed by atoms with Gasteiger partial charge < -0.3 is 14.7 Å². The van der Waals surface area contributed by atoms with Crippen LogP contribution in [0.1, 0.15) is 13.8 Å². The molecule has 53 heavy (non-hydrogen) atoms. The highest BCUT2D eigenvalue weighted by atomic mass is 15.2. The van der Waals surface area contributed by atoms with E-state index >= 15 is 0 Å². The molecule has 3 heteroatoms. The molecule has 0 aromatic heterocycles. The lowest BCUT2D eigenvalue weighted by atomic mass is 10.0. The monoisotopic (exact) mass is 685 g/mol. The molecule has 0 heterocycles. The standard InChI is InChI=1S/C50H43N3/c1-5-18-38(3)51(39(4)19-6-2)49-36-37-50(48-27-17-16-26-47(48)49)53(44-24-14-9-15-25-44)46-34-30-41(31-35-46)40-28-32-45(33-29-40)52(42-20-10-7-11-21-42)43-22-12-8-13-23-43/h5-37H,3-4H2,1-2H3/b18-5-,19-6-. The van der Waals surface area contributed by atoms with Gasteiger partial charge in [-0.05, 0) is 110 Å². The molecule has 0 unspecified atom stereocenters. The third-order valence-electron chi connectivity index (χ3n) is 9.28. The first-order chi connectivity index (χ1) is 26.1. The topological polar surface area (TPSA) is 9.72 Å². The Kier molecular flexibility index (Phi) is 10.5. The molecular weight excluding hydrogens is 643 g/mol. The largest absolute Gasteiger partial charge is 0.311 e. The summed E-state index contributed by atoms with van der Waals surface area (Å²) in [7, 11) is 0. The van der Waals surface area contributed by atoms with Crippen LogP contribution in [0.4, 0.5) is 39.8 Å². The first-order valence-electron chi connectivity index (χ1n) is 18.0. The van der Waals surface area contributed by atoms with Crippen molar-refractivity contribution in [3.8, 4) is 11.1 Å². The van der Waals surface area contributed by atoms with Gasteiger partial charge in [-0.25, -0.2) is 0 Å². The maximum atomic E-state index is 4.39. The molecule has 0 aliphatic heterocycles. The van der Waals surface area contributed by atoms with Gasteiger partial charge in [0.2, 0.25) is 0 Å². The second-order valence-electron chi connectivity index (χ2n) is 12.7. The molecule has 0 bridgehead atoms.